The second kappa shape index (κ2) is 14.9. The van der Waals surface area contributed by atoms with E-state index in [1.165, 1.54) is 38.8 Å². The van der Waals surface area contributed by atoms with Crippen LogP contribution in [0.1, 0.15) is 42.2 Å². The molecule has 0 amide bonds. The summed E-state index contributed by atoms with van der Waals surface area (Å²) in [5, 5.41) is 8.27. The first-order valence-electron chi connectivity index (χ1n) is 12.2. The normalized spacial score (nSPS) is 12.6. The maximum atomic E-state index is 13.1. The van der Waals surface area contributed by atoms with Crippen LogP contribution < -0.4 is 4.74 Å². The number of rotatable bonds is 13. The molecule has 0 fully saturated rings. The molecular weight excluding hydrogens is 503 g/mol. The van der Waals surface area contributed by atoms with E-state index in [1.807, 2.05) is 38.1 Å². The maximum Gasteiger partial charge on any atom is 0.341 e. The van der Waals surface area contributed by atoms with Gasteiger partial charge >= 0.3 is 5.97 Å². The number of methoxy groups -OCH3 is 2. The largest absolute Gasteiger partial charge is 0.503 e. The molecule has 3 rings (SSSR count). The third-order valence-electron chi connectivity index (χ3n) is 5.48. The molecule has 0 aliphatic carbocycles. The van der Waals surface area contributed by atoms with Crippen molar-refractivity contribution in [1.29, 1.82) is 0 Å². The number of oxime groups is 2. The van der Waals surface area contributed by atoms with E-state index in [4.69, 9.17) is 23.9 Å². The Morgan fingerprint density at radius 1 is 1.00 bits per heavy atom. The van der Waals surface area contributed by atoms with Crippen molar-refractivity contribution >= 4 is 23.5 Å². The van der Waals surface area contributed by atoms with E-state index in [2.05, 4.69) is 10.3 Å². The van der Waals surface area contributed by atoms with Gasteiger partial charge in [-0.15, -0.1) is 0 Å². The van der Waals surface area contributed by atoms with Crippen LogP contribution in [0, 0.1) is 5.82 Å². The van der Waals surface area contributed by atoms with Crippen molar-refractivity contribution in [3.05, 3.63) is 107 Å². The molecule has 0 spiro atoms. The van der Waals surface area contributed by atoms with E-state index in [-0.39, 0.29) is 11.4 Å². The third kappa shape index (κ3) is 8.43. The van der Waals surface area contributed by atoms with Crippen LogP contribution in [-0.2, 0) is 30.6 Å². The molecule has 204 valence electrons. The zero-order valence-corrected chi connectivity index (χ0v) is 22.3. The number of hydrogen-bond donors (Lipinski definition) is 0. The van der Waals surface area contributed by atoms with E-state index in [0.29, 0.717) is 35.8 Å². The number of carbonyl (C=O) groups is 1. The fourth-order valence-electron chi connectivity index (χ4n) is 3.53. The Balaban J connectivity index is 1.72. The molecule has 0 N–H and O–H groups in total. The average Bonchev–Trinajstić information content (AvgIpc) is 2.97. The van der Waals surface area contributed by atoms with Crippen LogP contribution in [-0.4, -0.2) is 38.7 Å². The molecule has 3 aromatic rings. The summed E-state index contributed by atoms with van der Waals surface area (Å²) in [6.07, 6.45) is 2.27. The minimum absolute atomic E-state index is 0.260. The predicted molar refractivity (Wildman–Crippen MR) is 147 cm³/mol. The number of nitrogens with zero attached hydrogens (tertiary/aromatic N) is 2. The Hall–Kier alpha value is -4.66. The number of benzene rings is 3. The van der Waals surface area contributed by atoms with Gasteiger partial charge in [-0.25, -0.2) is 9.18 Å². The molecule has 0 aliphatic heterocycles. The van der Waals surface area contributed by atoms with Gasteiger partial charge < -0.3 is 23.9 Å². The first-order chi connectivity index (χ1) is 19.0. The first kappa shape index (κ1) is 28.9. The zero-order chi connectivity index (χ0) is 28.0. The molecule has 0 saturated carbocycles. The molecule has 9 heteroatoms. The number of halogens is 1. The van der Waals surface area contributed by atoms with E-state index in [0.717, 1.165) is 11.1 Å². The number of ether oxygens (including phenoxy) is 3. The molecule has 0 aromatic heterocycles. The van der Waals surface area contributed by atoms with Crippen LogP contribution in [0.4, 0.5) is 4.39 Å². The quantitative estimate of drug-likeness (QED) is 0.0870. The minimum atomic E-state index is -0.531. The van der Waals surface area contributed by atoms with Gasteiger partial charge in [0.15, 0.2) is 0 Å². The second-order valence-corrected chi connectivity index (χ2v) is 8.16. The average molecular weight is 535 g/mol. The Morgan fingerprint density at radius 3 is 2.38 bits per heavy atom. The van der Waals surface area contributed by atoms with Crippen molar-refractivity contribution in [1.82, 2.24) is 0 Å². The number of hydrogen-bond acceptors (Lipinski definition) is 8. The second-order valence-electron chi connectivity index (χ2n) is 8.16. The van der Waals surface area contributed by atoms with E-state index in [9.17, 15) is 9.18 Å². The number of esters is 1. The van der Waals surface area contributed by atoms with Crippen LogP contribution >= 0.6 is 0 Å². The van der Waals surface area contributed by atoms with E-state index < -0.39 is 12.1 Å². The van der Waals surface area contributed by atoms with Crippen LogP contribution in [0.3, 0.4) is 0 Å². The van der Waals surface area contributed by atoms with Crippen molar-refractivity contribution in [2.24, 2.45) is 10.3 Å². The maximum absolute atomic E-state index is 13.1. The Morgan fingerprint density at radius 2 is 1.72 bits per heavy atom. The summed E-state index contributed by atoms with van der Waals surface area (Å²) in [6, 6.07) is 20.6. The van der Waals surface area contributed by atoms with Gasteiger partial charge in [0.1, 0.15) is 42.2 Å². The van der Waals surface area contributed by atoms with Crippen LogP contribution in [0.2, 0.25) is 0 Å². The SMILES string of the molecule is CCON=C(C=NOC(C)c1ccccc1C(=COC)C(=O)OC)c1ccc(OCc2ccc(F)cc2)cc1. The molecule has 1 atom stereocenters. The molecular formula is C30H31FN2O6. The lowest BCUT2D eigenvalue weighted by Crippen LogP contribution is -2.09. The summed E-state index contributed by atoms with van der Waals surface area (Å²) < 4.78 is 28.9. The standard InChI is InChI=1S/C30H31FN2O6/c1-5-38-33-29(23-12-16-25(17-13-23)37-19-22-10-14-24(31)15-11-22)18-32-39-21(2)26-8-6-7-9-27(26)28(20-35-3)30(34)36-4/h6-18,20-21H,5,19H2,1-4H3. The summed E-state index contributed by atoms with van der Waals surface area (Å²) in [6.45, 7) is 4.32. The molecule has 3 aromatic carbocycles. The van der Waals surface area contributed by atoms with Gasteiger partial charge in [0.2, 0.25) is 0 Å². The molecule has 0 radical (unpaired) electrons. The fraction of sp³-hybridized carbons (Fsp3) is 0.233. The summed E-state index contributed by atoms with van der Waals surface area (Å²) >= 11 is 0. The summed E-state index contributed by atoms with van der Waals surface area (Å²) in [4.78, 5) is 23.3. The minimum Gasteiger partial charge on any atom is -0.503 e. The molecule has 1 unspecified atom stereocenters. The highest BCUT2D eigenvalue weighted by Crippen LogP contribution is 2.28. The Kier molecular flexibility index (Phi) is 11.1. The lowest BCUT2D eigenvalue weighted by molar-refractivity contribution is -0.133. The van der Waals surface area contributed by atoms with Crippen molar-refractivity contribution in [3.8, 4) is 5.75 Å². The third-order valence-corrected chi connectivity index (χ3v) is 5.48. The molecule has 0 saturated heterocycles. The highest BCUT2D eigenvalue weighted by molar-refractivity contribution is 6.37. The molecule has 0 bridgehead atoms. The van der Waals surface area contributed by atoms with Crippen molar-refractivity contribution in [2.75, 3.05) is 20.8 Å². The lowest BCUT2D eigenvalue weighted by Gasteiger charge is -2.16. The monoisotopic (exact) mass is 534 g/mol. The van der Waals surface area contributed by atoms with E-state index in [1.54, 1.807) is 36.4 Å². The van der Waals surface area contributed by atoms with Gasteiger partial charge in [0.25, 0.3) is 0 Å². The summed E-state index contributed by atoms with van der Waals surface area (Å²) in [5.41, 5.74) is 3.61. The zero-order valence-electron chi connectivity index (χ0n) is 22.3. The first-order valence-corrected chi connectivity index (χ1v) is 12.2. The van der Waals surface area contributed by atoms with Gasteiger partial charge in [-0.2, -0.15) is 0 Å². The summed E-state index contributed by atoms with van der Waals surface area (Å²) in [7, 11) is 2.77. The molecule has 0 heterocycles. The molecule has 39 heavy (non-hydrogen) atoms. The summed E-state index contributed by atoms with van der Waals surface area (Å²) in [5.74, 6) is -0.179. The smallest absolute Gasteiger partial charge is 0.341 e. The van der Waals surface area contributed by atoms with Gasteiger partial charge in [-0.05, 0) is 61.4 Å². The van der Waals surface area contributed by atoms with Crippen molar-refractivity contribution < 1.29 is 33.1 Å². The topological polar surface area (TPSA) is 87.9 Å². The van der Waals surface area contributed by atoms with E-state index >= 15 is 0 Å². The van der Waals surface area contributed by atoms with Crippen molar-refractivity contribution in [2.45, 2.75) is 26.6 Å². The highest BCUT2D eigenvalue weighted by atomic mass is 19.1. The fourth-order valence-corrected chi connectivity index (χ4v) is 3.53. The van der Waals surface area contributed by atoms with Gasteiger partial charge in [0.05, 0.1) is 26.7 Å². The molecule has 8 nitrogen and oxygen atoms in total. The highest BCUT2D eigenvalue weighted by Gasteiger charge is 2.20. The van der Waals surface area contributed by atoms with Gasteiger partial charge in [0, 0.05) is 11.1 Å². The Bertz CT molecular complexity index is 1300. The van der Waals surface area contributed by atoms with Crippen molar-refractivity contribution in [3.63, 3.8) is 0 Å². The van der Waals surface area contributed by atoms with Crippen LogP contribution in [0.25, 0.3) is 5.57 Å². The number of carbonyl (C=O) groups excluding carboxylic acids is 1. The predicted octanol–water partition coefficient (Wildman–Crippen LogP) is 6.07. The van der Waals surface area contributed by atoms with Gasteiger partial charge in [-0.3, -0.25) is 0 Å². The van der Waals surface area contributed by atoms with Gasteiger partial charge in [-0.1, -0.05) is 46.7 Å². The van der Waals surface area contributed by atoms with Crippen LogP contribution in [0.5, 0.6) is 5.75 Å². The Labute approximate surface area is 227 Å². The lowest BCUT2D eigenvalue weighted by atomic mass is 9.97. The molecule has 0 aliphatic rings. The van der Waals surface area contributed by atoms with Crippen LogP contribution in [0.15, 0.2) is 89.4 Å².